The largest absolute Gasteiger partial charge is 0.494 e. The molecule has 10 nitrogen and oxygen atoms in total. The number of hydrogen-bond acceptors (Lipinski definition) is 8. The summed E-state index contributed by atoms with van der Waals surface area (Å²) in [4.78, 5) is 38.2. The Bertz CT molecular complexity index is 1000. The third kappa shape index (κ3) is 5.23. The highest BCUT2D eigenvalue weighted by Gasteiger charge is 2.34. The number of esters is 1. The van der Waals surface area contributed by atoms with E-state index in [0.717, 1.165) is 37.5 Å². The number of nitrogens with zero attached hydrogens (tertiary/aromatic N) is 4. The van der Waals surface area contributed by atoms with E-state index in [-0.39, 0.29) is 6.03 Å². The molecule has 33 heavy (non-hydrogen) atoms. The summed E-state index contributed by atoms with van der Waals surface area (Å²) in [6, 6.07) is 8.17. The second-order valence-corrected chi connectivity index (χ2v) is 7.73. The van der Waals surface area contributed by atoms with Crippen LogP contribution in [0.15, 0.2) is 54.0 Å². The second kappa shape index (κ2) is 10.3. The van der Waals surface area contributed by atoms with Gasteiger partial charge >= 0.3 is 12.0 Å². The van der Waals surface area contributed by atoms with Gasteiger partial charge in [0.2, 0.25) is 5.95 Å². The summed E-state index contributed by atoms with van der Waals surface area (Å²) in [7, 11) is 1.34. The van der Waals surface area contributed by atoms with Crippen molar-refractivity contribution < 1.29 is 19.1 Å². The normalized spacial score (nSPS) is 19.0. The van der Waals surface area contributed by atoms with E-state index in [1.165, 1.54) is 7.11 Å². The molecule has 1 fully saturated rings. The summed E-state index contributed by atoms with van der Waals surface area (Å²) >= 11 is 0. The van der Waals surface area contributed by atoms with Crippen molar-refractivity contribution in [2.45, 2.75) is 13.0 Å². The predicted octanol–water partition coefficient (Wildman–Crippen LogP) is 1.48. The molecule has 0 aliphatic carbocycles. The molecule has 2 aliphatic heterocycles. The molecule has 1 aromatic carbocycles. The van der Waals surface area contributed by atoms with Crippen molar-refractivity contribution in [2.75, 3.05) is 51.3 Å². The monoisotopic (exact) mass is 452 g/mol. The van der Waals surface area contributed by atoms with Crippen LogP contribution in [0.3, 0.4) is 0 Å². The molecule has 10 heteroatoms. The van der Waals surface area contributed by atoms with E-state index in [2.05, 4.69) is 30.4 Å². The molecule has 174 valence electrons. The van der Waals surface area contributed by atoms with Crippen molar-refractivity contribution in [1.82, 2.24) is 25.5 Å². The molecular weight excluding hydrogens is 424 g/mol. The van der Waals surface area contributed by atoms with Crippen LogP contribution in [0, 0.1) is 0 Å². The van der Waals surface area contributed by atoms with E-state index < -0.39 is 12.0 Å². The Balaban J connectivity index is 1.53. The minimum absolute atomic E-state index is 0.354. The molecule has 2 aromatic rings. The number of carbonyl (C=O) groups excluding carboxylic acids is 2. The van der Waals surface area contributed by atoms with Gasteiger partial charge < -0.3 is 25.0 Å². The molecule has 0 radical (unpaired) electrons. The van der Waals surface area contributed by atoms with Crippen LogP contribution in [0.25, 0.3) is 0 Å². The van der Waals surface area contributed by atoms with E-state index >= 15 is 0 Å². The van der Waals surface area contributed by atoms with Gasteiger partial charge in [-0.05, 0) is 30.7 Å². The summed E-state index contributed by atoms with van der Waals surface area (Å²) in [6.45, 7) is 5.89. The Morgan fingerprint density at radius 1 is 1.12 bits per heavy atom. The van der Waals surface area contributed by atoms with Gasteiger partial charge in [0.15, 0.2) is 0 Å². The Morgan fingerprint density at radius 3 is 2.45 bits per heavy atom. The highest BCUT2D eigenvalue weighted by Crippen LogP contribution is 2.29. The minimum atomic E-state index is -0.615. The highest BCUT2D eigenvalue weighted by molar-refractivity contribution is 5.95. The zero-order chi connectivity index (χ0) is 23.2. The molecule has 1 saturated heterocycles. The fourth-order valence-electron chi connectivity index (χ4n) is 4.05. The maximum absolute atomic E-state index is 12.8. The first kappa shape index (κ1) is 22.5. The van der Waals surface area contributed by atoms with Gasteiger partial charge in [-0.15, -0.1) is 0 Å². The summed E-state index contributed by atoms with van der Waals surface area (Å²) in [5.74, 6) is 0.954. The van der Waals surface area contributed by atoms with Crippen molar-refractivity contribution in [3.63, 3.8) is 0 Å². The van der Waals surface area contributed by atoms with Gasteiger partial charge in [-0.25, -0.2) is 19.6 Å². The summed E-state index contributed by atoms with van der Waals surface area (Å²) in [5.41, 5.74) is 1.72. The number of nitrogens with one attached hydrogen (secondary N) is 2. The fourth-order valence-corrected chi connectivity index (χ4v) is 4.05. The summed E-state index contributed by atoms with van der Waals surface area (Å²) in [5, 5.41) is 5.68. The molecule has 2 N–H and O–H groups in total. The lowest BCUT2D eigenvalue weighted by molar-refractivity contribution is -0.136. The van der Waals surface area contributed by atoms with E-state index in [1.807, 2.05) is 31.2 Å². The first-order chi connectivity index (χ1) is 16.1. The number of piperazine rings is 1. The number of rotatable bonds is 7. The molecule has 2 aliphatic rings. The lowest BCUT2D eigenvalue weighted by Crippen LogP contribution is -2.52. The zero-order valence-corrected chi connectivity index (χ0v) is 18.8. The molecule has 1 atom stereocenters. The first-order valence-electron chi connectivity index (χ1n) is 10.9. The quantitative estimate of drug-likeness (QED) is 0.608. The predicted molar refractivity (Wildman–Crippen MR) is 122 cm³/mol. The van der Waals surface area contributed by atoms with E-state index in [0.29, 0.717) is 30.4 Å². The minimum Gasteiger partial charge on any atom is -0.494 e. The van der Waals surface area contributed by atoms with Gasteiger partial charge in [0, 0.05) is 50.8 Å². The SMILES string of the molecule is CCOc1ccc(C2NC(=O)NC(CN3CCN(c4ncccn4)CC3)=C2C(=O)OC)cc1. The molecule has 0 bridgehead atoms. The smallest absolute Gasteiger partial charge is 0.338 e. The van der Waals surface area contributed by atoms with Crippen LogP contribution in [0.1, 0.15) is 18.5 Å². The maximum Gasteiger partial charge on any atom is 0.338 e. The van der Waals surface area contributed by atoms with E-state index in [1.54, 1.807) is 18.5 Å². The van der Waals surface area contributed by atoms with Gasteiger partial charge in [0.05, 0.1) is 25.3 Å². The topological polar surface area (TPSA) is 109 Å². The van der Waals surface area contributed by atoms with Crippen LogP contribution >= 0.6 is 0 Å². The average molecular weight is 453 g/mol. The number of anilines is 1. The number of urea groups is 1. The summed E-state index contributed by atoms with van der Waals surface area (Å²) < 4.78 is 10.6. The standard InChI is InChI=1S/C23H28N6O4/c1-3-33-17-7-5-16(6-8-17)20-19(21(30)32-2)18(26-23(31)27-20)15-28-11-13-29(14-12-28)22-24-9-4-10-25-22/h4-10,20H,3,11-15H2,1-2H3,(H2,26,27,31). The molecule has 2 amide bonds. The third-order valence-electron chi connectivity index (χ3n) is 5.67. The number of aromatic nitrogens is 2. The van der Waals surface area contributed by atoms with Gasteiger partial charge in [0.1, 0.15) is 5.75 Å². The average Bonchev–Trinajstić information content (AvgIpc) is 2.85. The second-order valence-electron chi connectivity index (χ2n) is 7.73. The van der Waals surface area contributed by atoms with Crippen molar-refractivity contribution in [3.05, 3.63) is 59.6 Å². The lowest BCUT2D eigenvalue weighted by Gasteiger charge is -2.37. The van der Waals surface area contributed by atoms with Gasteiger partial charge in [-0.3, -0.25) is 4.90 Å². The first-order valence-corrected chi connectivity index (χ1v) is 10.9. The number of hydrogen-bond donors (Lipinski definition) is 2. The zero-order valence-electron chi connectivity index (χ0n) is 18.8. The maximum atomic E-state index is 12.8. The Hall–Kier alpha value is -3.66. The van der Waals surface area contributed by atoms with Crippen LogP contribution in [0.5, 0.6) is 5.75 Å². The Kier molecular flexibility index (Phi) is 7.04. The van der Waals surface area contributed by atoms with Crippen LogP contribution in [-0.4, -0.2) is 73.3 Å². The lowest BCUT2D eigenvalue weighted by atomic mass is 9.95. The molecule has 0 saturated carbocycles. The highest BCUT2D eigenvalue weighted by atomic mass is 16.5. The summed E-state index contributed by atoms with van der Waals surface area (Å²) in [6.07, 6.45) is 3.46. The van der Waals surface area contributed by atoms with Crippen molar-refractivity contribution in [1.29, 1.82) is 0 Å². The molecule has 4 rings (SSSR count). The number of ether oxygens (including phenoxy) is 2. The van der Waals surface area contributed by atoms with E-state index in [4.69, 9.17) is 9.47 Å². The number of amides is 2. The van der Waals surface area contributed by atoms with Crippen molar-refractivity contribution in [3.8, 4) is 5.75 Å². The molecule has 1 aromatic heterocycles. The van der Waals surface area contributed by atoms with Gasteiger partial charge in [0.25, 0.3) is 0 Å². The molecule has 1 unspecified atom stereocenters. The number of methoxy groups -OCH3 is 1. The Morgan fingerprint density at radius 2 is 1.82 bits per heavy atom. The van der Waals surface area contributed by atoms with Crippen LogP contribution in [-0.2, 0) is 9.53 Å². The van der Waals surface area contributed by atoms with Crippen LogP contribution in [0.4, 0.5) is 10.7 Å². The van der Waals surface area contributed by atoms with Gasteiger partial charge in [-0.2, -0.15) is 0 Å². The van der Waals surface area contributed by atoms with Crippen molar-refractivity contribution >= 4 is 17.9 Å². The van der Waals surface area contributed by atoms with Gasteiger partial charge in [-0.1, -0.05) is 12.1 Å². The van der Waals surface area contributed by atoms with Crippen LogP contribution in [0.2, 0.25) is 0 Å². The van der Waals surface area contributed by atoms with Crippen LogP contribution < -0.4 is 20.3 Å². The number of benzene rings is 1. The number of carbonyl (C=O) groups is 2. The Labute approximate surface area is 192 Å². The van der Waals surface area contributed by atoms with E-state index in [9.17, 15) is 9.59 Å². The third-order valence-corrected chi connectivity index (χ3v) is 5.67. The molecular formula is C23H28N6O4. The molecule has 0 spiro atoms. The van der Waals surface area contributed by atoms with Crippen molar-refractivity contribution in [2.24, 2.45) is 0 Å². The molecule has 3 heterocycles. The fraction of sp³-hybridized carbons (Fsp3) is 0.391.